The van der Waals surface area contributed by atoms with Crippen LogP contribution in [0.1, 0.15) is 13.3 Å². The predicted octanol–water partition coefficient (Wildman–Crippen LogP) is 3.22. The van der Waals surface area contributed by atoms with Gasteiger partial charge in [-0.3, -0.25) is 4.57 Å². The fourth-order valence-electron chi connectivity index (χ4n) is 1.95. The summed E-state index contributed by atoms with van der Waals surface area (Å²) in [5.74, 6) is 1.22. The third kappa shape index (κ3) is 4.24. The Hall–Kier alpha value is 0.980. The summed E-state index contributed by atoms with van der Waals surface area (Å²) in [6, 6.07) is 0. The normalized spacial score (nSPS) is 29.9. The molecule has 0 N–H and O–H groups in total. The van der Waals surface area contributed by atoms with Crippen LogP contribution in [-0.4, -0.2) is 59.3 Å². The second kappa shape index (κ2) is 8.31. The first-order chi connectivity index (χ1) is 8.58. The maximum Gasteiger partial charge on any atom is 0.346 e. The summed E-state index contributed by atoms with van der Waals surface area (Å²) >= 11 is 17.3. The highest BCUT2D eigenvalue weighted by atomic mass is 35.5. The molecule has 0 aliphatic carbocycles. The van der Waals surface area contributed by atoms with Crippen LogP contribution in [0.2, 0.25) is 0 Å². The van der Waals surface area contributed by atoms with Crippen LogP contribution in [0.5, 0.6) is 0 Å². The molecule has 2 unspecified atom stereocenters. The van der Waals surface area contributed by atoms with Crippen molar-refractivity contribution < 1.29 is 9.09 Å². The topological polar surface area (TPSA) is 32.8 Å². The van der Waals surface area contributed by atoms with E-state index in [1.807, 2.05) is 11.6 Å². The molecule has 4 nitrogen and oxygen atoms in total. The standard InChI is InChI=1S/C10H20Cl3N2O2P/c1-10-2-6-14(7-3-11)18(16,17-10)15(8-4-12)9-5-13/h10H,2-9H2,1H3. The SMILES string of the molecule is CC1CCN(CCCl)P(=O)(N(CCCl)CCCl)O1. The van der Waals surface area contributed by atoms with E-state index in [-0.39, 0.29) is 6.10 Å². The molecule has 0 aromatic heterocycles. The number of halogens is 3. The van der Waals surface area contributed by atoms with Gasteiger partial charge in [0.25, 0.3) is 0 Å². The van der Waals surface area contributed by atoms with Crippen LogP contribution in [0.15, 0.2) is 0 Å². The highest BCUT2D eigenvalue weighted by Crippen LogP contribution is 2.57. The molecule has 0 spiro atoms. The Morgan fingerprint density at radius 1 is 1.28 bits per heavy atom. The first-order valence-electron chi connectivity index (χ1n) is 6.05. The van der Waals surface area contributed by atoms with Crippen LogP contribution < -0.4 is 0 Å². The zero-order valence-electron chi connectivity index (χ0n) is 10.5. The van der Waals surface area contributed by atoms with Gasteiger partial charge in [0.15, 0.2) is 0 Å². The predicted molar refractivity (Wildman–Crippen MR) is 78.1 cm³/mol. The summed E-state index contributed by atoms with van der Waals surface area (Å²) < 4.78 is 22.4. The van der Waals surface area contributed by atoms with Crippen LogP contribution in [0, 0.1) is 0 Å². The van der Waals surface area contributed by atoms with E-state index in [1.165, 1.54) is 0 Å². The van der Waals surface area contributed by atoms with Gasteiger partial charge in [-0.05, 0) is 13.3 Å². The number of hydrogen-bond donors (Lipinski definition) is 0. The summed E-state index contributed by atoms with van der Waals surface area (Å²) in [6.45, 7) is 4.21. The fraction of sp³-hybridized carbons (Fsp3) is 1.00. The Morgan fingerprint density at radius 2 is 1.89 bits per heavy atom. The lowest BCUT2D eigenvalue weighted by Gasteiger charge is -2.42. The molecule has 1 rings (SSSR count). The van der Waals surface area contributed by atoms with Crippen molar-refractivity contribution in [1.29, 1.82) is 0 Å². The van der Waals surface area contributed by atoms with Crippen LogP contribution in [0.4, 0.5) is 0 Å². The minimum Gasteiger partial charge on any atom is -0.303 e. The van der Waals surface area contributed by atoms with Crippen molar-refractivity contribution in [2.75, 3.05) is 43.8 Å². The molecule has 0 radical (unpaired) electrons. The molecule has 1 aliphatic heterocycles. The number of alkyl halides is 3. The largest absolute Gasteiger partial charge is 0.346 e. The van der Waals surface area contributed by atoms with E-state index in [0.717, 1.165) is 13.0 Å². The van der Waals surface area contributed by atoms with Crippen LogP contribution in [0.25, 0.3) is 0 Å². The molecular weight excluding hydrogens is 317 g/mol. The highest BCUT2D eigenvalue weighted by molar-refractivity contribution is 7.54. The van der Waals surface area contributed by atoms with Gasteiger partial charge in [-0.1, -0.05) is 0 Å². The number of hydrogen-bond acceptors (Lipinski definition) is 2. The lowest BCUT2D eigenvalue weighted by molar-refractivity contribution is 0.114. The molecule has 0 amide bonds. The van der Waals surface area contributed by atoms with E-state index in [0.29, 0.717) is 37.3 Å². The minimum atomic E-state index is -3.03. The number of rotatable bonds is 7. The van der Waals surface area contributed by atoms with Crippen molar-refractivity contribution >= 4 is 42.5 Å². The van der Waals surface area contributed by atoms with Crippen LogP contribution in [-0.2, 0) is 9.09 Å². The van der Waals surface area contributed by atoms with Gasteiger partial charge in [0.2, 0.25) is 0 Å². The second-order valence-electron chi connectivity index (χ2n) is 4.17. The quantitative estimate of drug-likeness (QED) is 0.527. The second-order valence-corrected chi connectivity index (χ2v) is 7.63. The zero-order chi connectivity index (χ0) is 13.6. The smallest absolute Gasteiger partial charge is 0.303 e. The maximum absolute atomic E-state index is 13.1. The molecule has 108 valence electrons. The molecular formula is C10H20Cl3N2O2P. The molecule has 1 heterocycles. The van der Waals surface area contributed by atoms with Crippen molar-refractivity contribution in [1.82, 2.24) is 9.34 Å². The van der Waals surface area contributed by atoms with Crippen LogP contribution in [0.3, 0.4) is 0 Å². The molecule has 1 saturated heterocycles. The summed E-state index contributed by atoms with van der Waals surface area (Å²) in [7, 11) is -3.03. The number of nitrogens with zero attached hydrogens (tertiary/aromatic N) is 2. The van der Waals surface area contributed by atoms with Gasteiger partial charge < -0.3 is 4.52 Å². The highest BCUT2D eigenvalue weighted by Gasteiger charge is 2.42. The van der Waals surface area contributed by atoms with E-state index in [2.05, 4.69) is 0 Å². The molecule has 0 aromatic rings. The zero-order valence-corrected chi connectivity index (χ0v) is 13.7. The maximum atomic E-state index is 13.1. The van der Waals surface area contributed by atoms with Crippen LogP contribution >= 0.6 is 42.5 Å². The summed E-state index contributed by atoms with van der Waals surface area (Å²) in [5, 5.41) is 0. The molecule has 1 aliphatic rings. The van der Waals surface area contributed by atoms with Gasteiger partial charge in [-0.15, -0.1) is 34.8 Å². The Morgan fingerprint density at radius 3 is 2.39 bits per heavy atom. The molecule has 2 atom stereocenters. The average Bonchev–Trinajstić information content (AvgIpc) is 2.33. The molecule has 0 bridgehead atoms. The van der Waals surface area contributed by atoms with E-state index in [4.69, 9.17) is 39.3 Å². The van der Waals surface area contributed by atoms with Crippen molar-refractivity contribution in [2.45, 2.75) is 19.4 Å². The minimum absolute atomic E-state index is 0.0180. The monoisotopic (exact) mass is 336 g/mol. The van der Waals surface area contributed by atoms with Crippen molar-refractivity contribution in [2.24, 2.45) is 0 Å². The lowest BCUT2D eigenvalue weighted by atomic mass is 10.3. The summed E-state index contributed by atoms with van der Waals surface area (Å²) in [6.07, 6.45) is 0.840. The van der Waals surface area contributed by atoms with Gasteiger partial charge in [-0.25, -0.2) is 9.34 Å². The van der Waals surface area contributed by atoms with Gasteiger partial charge in [-0.2, -0.15) is 0 Å². The average molecular weight is 338 g/mol. The summed E-state index contributed by atoms with van der Waals surface area (Å²) in [4.78, 5) is 0. The molecule has 0 saturated carbocycles. The van der Waals surface area contributed by atoms with Crippen molar-refractivity contribution in [3.05, 3.63) is 0 Å². The Bertz CT molecular complexity index is 290. The Kier molecular flexibility index (Phi) is 7.86. The van der Waals surface area contributed by atoms with Gasteiger partial charge in [0.05, 0.1) is 6.10 Å². The van der Waals surface area contributed by atoms with Gasteiger partial charge >= 0.3 is 7.67 Å². The molecule has 1 fully saturated rings. The Labute approximate surface area is 124 Å². The third-order valence-electron chi connectivity index (χ3n) is 2.85. The van der Waals surface area contributed by atoms with Crippen molar-refractivity contribution in [3.8, 4) is 0 Å². The van der Waals surface area contributed by atoms with E-state index >= 15 is 0 Å². The summed E-state index contributed by atoms with van der Waals surface area (Å²) in [5.41, 5.74) is 0. The van der Waals surface area contributed by atoms with E-state index in [1.54, 1.807) is 4.67 Å². The first-order valence-corrected chi connectivity index (χ1v) is 9.19. The lowest BCUT2D eigenvalue weighted by Crippen LogP contribution is -2.41. The first kappa shape index (κ1) is 17.0. The van der Waals surface area contributed by atoms with E-state index in [9.17, 15) is 4.57 Å². The van der Waals surface area contributed by atoms with Crippen molar-refractivity contribution in [3.63, 3.8) is 0 Å². The third-order valence-corrected chi connectivity index (χ3v) is 6.23. The molecule has 8 heteroatoms. The van der Waals surface area contributed by atoms with Gasteiger partial charge in [0, 0.05) is 43.8 Å². The Balaban J connectivity index is 2.88. The molecule has 0 aromatic carbocycles. The fourth-order valence-corrected chi connectivity index (χ4v) is 5.54. The molecule has 18 heavy (non-hydrogen) atoms. The van der Waals surface area contributed by atoms with E-state index < -0.39 is 7.67 Å². The van der Waals surface area contributed by atoms with Gasteiger partial charge in [0.1, 0.15) is 0 Å².